The topological polar surface area (TPSA) is 55.4 Å². The summed E-state index contributed by atoms with van der Waals surface area (Å²) in [6, 6.07) is -0.553. The molecule has 0 saturated carbocycles. The van der Waals surface area contributed by atoms with Crippen LogP contribution in [0.5, 0.6) is 0 Å². The lowest BCUT2D eigenvalue weighted by molar-refractivity contribution is -0.157. The number of amides is 1. The quantitative estimate of drug-likeness (QED) is 0.443. The molecular weight excluding hydrogens is 158 g/mol. The molecule has 1 fully saturated rings. The molecule has 0 bridgehead atoms. The van der Waals surface area contributed by atoms with Crippen molar-refractivity contribution in [2.75, 3.05) is 6.61 Å². The molecule has 64 valence electrons. The van der Waals surface area contributed by atoms with Crippen LogP contribution in [0.15, 0.2) is 0 Å². The van der Waals surface area contributed by atoms with Crippen molar-refractivity contribution >= 4 is 11.9 Å². The van der Waals surface area contributed by atoms with E-state index in [0.717, 1.165) is 0 Å². The second kappa shape index (κ2) is 3.77. The van der Waals surface area contributed by atoms with Gasteiger partial charge in [-0.3, -0.25) is 4.79 Å². The molecule has 12 heavy (non-hydrogen) atoms. The first-order chi connectivity index (χ1) is 5.74. The molecule has 1 unspecified atom stereocenters. The summed E-state index contributed by atoms with van der Waals surface area (Å²) in [5.41, 5.74) is 0. The molecule has 1 N–H and O–H groups in total. The summed E-state index contributed by atoms with van der Waals surface area (Å²) >= 11 is 0. The number of esters is 1. The van der Waals surface area contributed by atoms with Gasteiger partial charge in [0.05, 0.1) is 0 Å². The fraction of sp³-hybridized carbons (Fsp3) is 0.500. The van der Waals surface area contributed by atoms with Crippen LogP contribution in [-0.4, -0.2) is 24.5 Å². The number of hydrogen-bond donors (Lipinski definition) is 1. The Kier molecular flexibility index (Phi) is 2.70. The minimum absolute atomic E-state index is 0.175. The molecule has 4 nitrogen and oxygen atoms in total. The van der Waals surface area contributed by atoms with E-state index in [1.807, 2.05) is 0 Å². The van der Waals surface area contributed by atoms with Gasteiger partial charge in [0.15, 0.2) is 6.61 Å². The molecule has 0 aliphatic carbocycles. The number of ether oxygens (including phenoxy) is 1. The Hall–Kier alpha value is -1.50. The Balaban J connectivity index is 2.45. The number of carbonyl (C=O) groups is 2. The lowest BCUT2D eigenvalue weighted by Crippen LogP contribution is -2.48. The first kappa shape index (κ1) is 8.60. The number of rotatable bonds is 2. The van der Waals surface area contributed by atoms with Gasteiger partial charge in [-0.05, 0) is 6.42 Å². The Morgan fingerprint density at radius 2 is 2.42 bits per heavy atom. The van der Waals surface area contributed by atoms with E-state index in [9.17, 15) is 9.59 Å². The fourth-order valence-corrected chi connectivity index (χ4v) is 0.950. The number of terminal acetylenes is 1. The summed E-state index contributed by atoms with van der Waals surface area (Å²) < 4.78 is 4.58. The Morgan fingerprint density at radius 1 is 1.67 bits per heavy atom. The van der Waals surface area contributed by atoms with Crippen molar-refractivity contribution in [2.45, 2.75) is 18.9 Å². The molecule has 0 spiro atoms. The van der Waals surface area contributed by atoms with E-state index in [-0.39, 0.29) is 12.5 Å². The van der Waals surface area contributed by atoms with Crippen LogP contribution in [-0.2, 0) is 14.3 Å². The molecule has 0 aromatic carbocycles. The number of nitrogens with one attached hydrogen (secondary N) is 1. The molecule has 0 aromatic rings. The largest absolute Gasteiger partial charge is 0.454 e. The highest BCUT2D eigenvalue weighted by Crippen LogP contribution is 2.03. The van der Waals surface area contributed by atoms with Crippen LogP contribution in [0.25, 0.3) is 0 Å². The van der Waals surface area contributed by atoms with E-state index in [0.29, 0.717) is 12.8 Å². The third-order valence-corrected chi connectivity index (χ3v) is 1.54. The van der Waals surface area contributed by atoms with Crippen LogP contribution in [0.4, 0.5) is 0 Å². The van der Waals surface area contributed by atoms with Gasteiger partial charge in [-0.25, -0.2) is 4.79 Å². The summed E-state index contributed by atoms with van der Waals surface area (Å²) in [6.45, 7) is -0.175. The summed E-state index contributed by atoms with van der Waals surface area (Å²) in [5.74, 6) is 1.73. The van der Waals surface area contributed by atoms with Gasteiger partial charge in [-0.2, -0.15) is 0 Å². The van der Waals surface area contributed by atoms with Crippen LogP contribution in [0.2, 0.25) is 0 Å². The second-order valence-electron chi connectivity index (χ2n) is 2.47. The van der Waals surface area contributed by atoms with Crippen molar-refractivity contribution in [3.8, 4) is 12.3 Å². The summed E-state index contributed by atoms with van der Waals surface area (Å²) in [4.78, 5) is 21.7. The molecule has 1 rings (SSSR count). The molecule has 1 aliphatic rings. The van der Waals surface area contributed by atoms with Crippen molar-refractivity contribution in [1.82, 2.24) is 5.32 Å². The number of morpholine rings is 1. The predicted molar refractivity (Wildman–Crippen MR) is 41.0 cm³/mol. The second-order valence-corrected chi connectivity index (χ2v) is 2.47. The lowest BCUT2D eigenvalue weighted by Gasteiger charge is -2.21. The van der Waals surface area contributed by atoms with Crippen molar-refractivity contribution in [3.05, 3.63) is 0 Å². The number of carbonyl (C=O) groups excluding carboxylic acids is 2. The van der Waals surface area contributed by atoms with E-state index in [1.165, 1.54) is 0 Å². The summed E-state index contributed by atoms with van der Waals surface area (Å²) in [7, 11) is 0. The first-order valence-corrected chi connectivity index (χ1v) is 3.63. The molecular formula is C8H9NO3. The predicted octanol–water partition coefficient (Wildman–Crippen LogP) is -0.559. The molecule has 0 aromatic heterocycles. The zero-order valence-corrected chi connectivity index (χ0v) is 6.50. The van der Waals surface area contributed by atoms with Gasteiger partial charge in [0.2, 0.25) is 0 Å². The first-order valence-electron chi connectivity index (χ1n) is 3.63. The van der Waals surface area contributed by atoms with E-state index in [2.05, 4.69) is 16.0 Å². The van der Waals surface area contributed by atoms with Crippen LogP contribution in [0.3, 0.4) is 0 Å². The molecule has 0 radical (unpaired) electrons. The van der Waals surface area contributed by atoms with Gasteiger partial charge in [0, 0.05) is 6.42 Å². The lowest BCUT2D eigenvalue weighted by atomic mass is 10.1. The SMILES string of the molecule is C#CCCC1NC(=O)COC1=O. The van der Waals surface area contributed by atoms with Gasteiger partial charge in [0.25, 0.3) is 5.91 Å². The molecule has 1 heterocycles. The number of hydrogen-bond acceptors (Lipinski definition) is 3. The van der Waals surface area contributed by atoms with E-state index in [4.69, 9.17) is 6.42 Å². The maximum Gasteiger partial charge on any atom is 0.329 e. The van der Waals surface area contributed by atoms with Crippen LogP contribution >= 0.6 is 0 Å². The van der Waals surface area contributed by atoms with Crippen molar-refractivity contribution < 1.29 is 14.3 Å². The highest BCUT2D eigenvalue weighted by atomic mass is 16.5. The van der Waals surface area contributed by atoms with Gasteiger partial charge >= 0.3 is 5.97 Å². The standard InChI is InChI=1S/C8H9NO3/c1-2-3-4-6-8(11)12-5-7(10)9-6/h1,6H,3-5H2,(H,9,10). The Labute approximate surface area is 70.3 Å². The van der Waals surface area contributed by atoms with Gasteiger partial charge < -0.3 is 10.1 Å². The van der Waals surface area contributed by atoms with E-state index in [1.54, 1.807) is 0 Å². The minimum atomic E-state index is -0.553. The maximum atomic E-state index is 10.9. The Morgan fingerprint density at radius 3 is 3.08 bits per heavy atom. The van der Waals surface area contributed by atoms with Crippen molar-refractivity contribution in [2.24, 2.45) is 0 Å². The highest BCUT2D eigenvalue weighted by Gasteiger charge is 2.26. The third-order valence-electron chi connectivity index (χ3n) is 1.54. The van der Waals surface area contributed by atoms with Crippen LogP contribution in [0, 0.1) is 12.3 Å². The average Bonchev–Trinajstić information content (AvgIpc) is 2.07. The van der Waals surface area contributed by atoms with E-state index < -0.39 is 12.0 Å². The maximum absolute atomic E-state index is 10.9. The molecule has 1 saturated heterocycles. The summed E-state index contributed by atoms with van der Waals surface area (Å²) in [6.07, 6.45) is 5.91. The van der Waals surface area contributed by atoms with Gasteiger partial charge in [-0.15, -0.1) is 12.3 Å². The third kappa shape index (κ3) is 1.99. The minimum Gasteiger partial charge on any atom is -0.454 e. The van der Waals surface area contributed by atoms with Crippen molar-refractivity contribution in [1.29, 1.82) is 0 Å². The number of cyclic esters (lactones) is 1. The average molecular weight is 167 g/mol. The highest BCUT2D eigenvalue weighted by molar-refractivity contribution is 5.90. The van der Waals surface area contributed by atoms with Crippen molar-refractivity contribution in [3.63, 3.8) is 0 Å². The smallest absolute Gasteiger partial charge is 0.329 e. The summed E-state index contributed by atoms with van der Waals surface area (Å²) in [5, 5.41) is 2.49. The fourth-order valence-electron chi connectivity index (χ4n) is 0.950. The molecule has 1 amide bonds. The molecule has 1 atom stereocenters. The van der Waals surface area contributed by atoms with Gasteiger partial charge in [0.1, 0.15) is 6.04 Å². The van der Waals surface area contributed by atoms with Crippen LogP contribution in [0.1, 0.15) is 12.8 Å². The molecule has 1 aliphatic heterocycles. The monoisotopic (exact) mass is 167 g/mol. The normalized spacial score (nSPS) is 22.4. The Bertz CT molecular complexity index is 241. The van der Waals surface area contributed by atoms with Crippen LogP contribution < -0.4 is 5.32 Å². The van der Waals surface area contributed by atoms with E-state index >= 15 is 0 Å². The van der Waals surface area contributed by atoms with Gasteiger partial charge in [-0.1, -0.05) is 0 Å². The zero-order valence-electron chi connectivity index (χ0n) is 6.50. The molecule has 4 heteroatoms. The zero-order chi connectivity index (χ0) is 8.97.